The lowest BCUT2D eigenvalue weighted by molar-refractivity contribution is -0.136. The van der Waals surface area contributed by atoms with Gasteiger partial charge in [-0.2, -0.15) is 0 Å². The first-order chi connectivity index (χ1) is 10.2. The highest BCUT2D eigenvalue weighted by atomic mass is 16.4. The van der Waals surface area contributed by atoms with E-state index in [-0.39, 0.29) is 24.4 Å². The van der Waals surface area contributed by atoms with Crippen molar-refractivity contribution in [1.82, 2.24) is 10.6 Å². The first-order valence-electron chi connectivity index (χ1n) is 6.86. The van der Waals surface area contributed by atoms with E-state index in [9.17, 15) is 14.4 Å². The maximum absolute atomic E-state index is 11.9. The van der Waals surface area contributed by atoms with Gasteiger partial charge < -0.3 is 21.1 Å². The molecule has 0 aromatic heterocycles. The van der Waals surface area contributed by atoms with Crippen molar-refractivity contribution in [2.24, 2.45) is 0 Å². The van der Waals surface area contributed by atoms with Gasteiger partial charge in [0, 0.05) is 23.3 Å². The van der Waals surface area contributed by atoms with Crippen molar-refractivity contribution in [2.45, 2.75) is 32.7 Å². The zero-order chi connectivity index (χ0) is 16.8. The number of carbonyl (C=O) groups is 3. The minimum absolute atomic E-state index is 0.0488. The third-order valence-electron chi connectivity index (χ3n) is 2.52. The molecule has 7 heteroatoms. The summed E-state index contributed by atoms with van der Waals surface area (Å²) in [6.45, 7) is 5.72. The molecule has 1 aromatic carbocycles. The van der Waals surface area contributed by atoms with Crippen LogP contribution in [0.1, 0.15) is 37.6 Å². The van der Waals surface area contributed by atoms with Crippen LogP contribution < -0.4 is 16.0 Å². The molecule has 0 saturated heterocycles. The van der Waals surface area contributed by atoms with Crippen molar-refractivity contribution in [3.05, 3.63) is 29.8 Å². The van der Waals surface area contributed by atoms with Gasteiger partial charge in [-0.15, -0.1) is 0 Å². The standard InChI is InChI=1S/C15H21N3O4/c1-15(2,3)18-13(21)10-4-6-11(7-5-10)17-14(22)16-9-8-12(19)20/h4-7H,8-9H2,1-3H3,(H,18,21)(H,19,20)(H2,16,17,22). The molecular formula is C15H21N3O4. The molecule has 0 saturated carbocycles. The van der Waals surface area contributed by atoms with Gasteiger partial charge in [0.2, 0.25) is 0 Å². The third-order valence-corrected chi connectivity index (χ3v) is 2.52. The van der Waals surface area contributed by atoms with Crippen LogP contribution in [0.15, 0.2) is 24.3 Å². The summed E-state index contributed by atoms with van der Waals surface area (Å²) < 4.78 is 0. The fourth-order valence-corrected chi connectivity index (χ4v) is 1.58. The van der Waals surface area contributed by atoms with Crippen molar-refractivity contribution in [2.75, 3.05) is 11.9 Å². The Morgan fingerprint density at radius 3 is 2.18 bits per heavy atom. The van der Waals surface area contributed by atoms with Crippen LogP contribution in [0.4, 0.5) is 10.5 Å². The first kappa shape index (κ1) is 17.5. The zero-order valence-electron chi connectivity index (χ0n) is 12.9. The van der Waals surface area contributed by atoms with Crippen molar-refractivity contribution in [3.63, 3.8) is 0 Å². The van der Waals surface area contributed by atoms with E-state index >= 15 is 0 Å². The summed E-state index contributed by atoms with van der Waals surface area (Å²) in [5.41, 5.74) is 0.685. The number of aliphatic carboxylic acids is 1. The minimum Gasteiger partial charge on any atom is -0.481 e. The lowest BCUT2D eigenvalue weighted by Crippen LogP contribution is -2.40. The normalized spacial score (nSPS) is 10.7. The molecule has 0 bridgehead atoms. The number of amides is 3. The van der Waals surface area contributed by atoms with Crippen molar-refractivity contribution in [1.29, 1.82) is 0 Å². The average Bonchev–Trinajstić information content (AvgIpc) is 2.37. The van der Waals surface area contributed by atoms with E-state index in [0.717, 1.165) is 0 Å². The molecule has 0 fully saturated rings. The molecule has 0 radical (unpaired) electrons. The fraction of sp³-hybridized carbons (Fsp3) is 0.400. The summed E-state index contributed by atoms with van der Waals surface area (Å²) in [6.07, 6.45) is -0.140. The molecule has 22 heavy (non-hydrogen) atoms. The van der Waals surface area contributed by atoms with E-state index in [1.54, 1.807) is 24.3 Å². The monoisotopic (exact) mass is 307 g/mol. The second-order valence-corrected chi connectivity index (χ2v) is 5.81. The summed E-state index contributed by atoms with van der Waals surface area (Å²) in [5, 5.41) is 16.3. The van der Waals surface area contributed by atoms with Crippen LogP contribution in [0, 0.1) is 0 Å². The molecule has 120 valence electrons. The highest BCUT2D eigenvalue weighted by Crippen LogP contribution is 2.10. The van der Waals surface area contributed by atoms with Gasteiger partial charge in [-0.05, 0) is 45.0 Å². The Morgan fingerprint density at radius 2 is 1.68 bits per heavy atom. The molecule has 0 heterocycles. The van der Waals surface area contributed by atoms with E-state index in [2.05, 4.69) is 16.0 Å². The molecule has 7 nitrogen and oxygen atoms in total. The second-order valence-electron chi connectivity index (χ2n) is 5.81. The third kappa shape index (κ3) is 6.74. The number of anilines is 1. The molecule has 4 N–H and O–H groups in total. The van der Waals surface area contributed by atoms with E-state index in [4.69, 9.17) is 5.11 Å². The topological polar surface area (TPSA) is 108 Å². The summed E-state index contributed by atoms with van der Waals surface area (Å²) in [6, 6.07) is 5.93. The number of hydrogen-bond acceptors (Lipinski definition) is 3. The lowest BCUT2D eigenvalue weighted by Gasteiger charge is -2.20. The lowest BCUT2D eigenvalue weighted by atomic mass is 10.1. The summed E-state index contributed by atoms with van der Waals surface area (Å²) >= 11 is 0. The van der Waals surface area contributed by atoms with Crippen molar-refractivity contribution >= 4 is 23.6 Å². The molecule has 0 aliphatic heterocycles. The Hall–Kier alpha value is -2.57. The van der Waals surface area contributed by atoms with Gasteiger partial charge >= 0.3 is 12.0 Å². The molecule has 0 atom stereocenters. The Kier molecular flexibility index (Phi) is 5.91. The highest BCUT2D eigenvalue weighted by Gasteiger charge is 2.15. The van der Waals surface area contributed by atoms with E-state index in [1.165, 1.54) is 0 Å². The number of nitrogens with one attached hydrogen (secondary N) is 3. The Bertz CT molecular complexity index is 547. The molecule has 0 unspecified atom stereocenters. The van der Waals surface area contributed by atoms with E-state index in [0.29, 0.717) is 11.3 Å². The maximum atomic E-state index is 11.9. The average molecular weight is 307 g/mol. The number of rotatable bonds is 5. The number of carboxylic acid groups (broad SMARTS) is 1. The van der Waals surface area contributed by atoms with Crippen LogP contribution in [0.3, 0.4) is 0 Å². The van der Waals surface area contributed by atoms with Gasteiger partial charge in [0.15, 0.2) is 0 Å². The number of urea groups is 1. The number of carboxylic acids is 1. The maximum Gasteiger partial charge on any atom is 0.319 e. The zero-order valence-corrected chi connectivity index (χ0v) is 12.9. The van der Waals surface area contributed by atoms with Gasteiger partial charge in [-0.1, -0.05) is 0 Å². The van der Waals surface area contributed by atoms with Gasteiger partial charge in [0.25, 0.3) is 5.91 Å². The van der Waals surface area contributed by atoms with Gasteiger partial charge in [-0.3, -0.25) is 9.59 Å². The quantitative estimate of drug-likeness (QED) is 0.665. The fourth-order valence-electron chi connectivity index (χ4n) is 1.58. The van der Waals surface area contributed by atoms with Crippen molar-refractivity contribution in [3.8, 4) is 0 Å². The Balaban J connectivity index is 2.53. The molecule has 3 amide bonds. The number of hydrogen-bond donors (Lipinski definition) is 4. The Labute approximate surface area is 129 Å². The Morgan fingerprint density at radius 1 is 1.09 bits per heavy atom. The van der Waals surface area contributed by atoms with Gasteiger partial charge in [0.05, 0.1) is 6.42 Å². The van der Waals surface area contributed by atoms with Crippen LogP contribution >= 0.6 is 0 Å². The van der Waals surface area contributed by atoms with Gasteiger partial charge in [0.1, 0.15) is 0 Å². The van der Waals surface area contributed by atoms with E-state index in [1.807, 2.05) is 20.8 Å². The van der Waals surface area contributed by atoms with E-state index < -0.39 is 12.0 Å². The van der Waals surface area contributed by atoms with Crippen LogP contribution in [0.2, 0.25) is 0 Å². The van der Waals surface area contributed by atoms with Crippen LogP contribution in [0.25, 0.3) is 0 Å². The number of benzene rings is 1. The SMILES string of the molecule is CC(C)(C)NC(=O)c1ccc(NC(=O)NCCC(=O)O)cc1. The summed E-state index contributed by atoms with van der Waals surface area (Å²) in [4.78, 5) is 33.8. The summed E-state index contributed by atoms with van der Waals surface area (Å²) in [7, 11) is 0. The van der Waals surface area contributed by atoms with Crippen LogP contribution in [0.5, 0.6) is 0 Å². The molecule has 0 aliphatic carbocycles. The predicted molar refractivity (Wildman–Crippen MR) is 82.9 cm³/mol. The van der Waals surface area contributed by atoms with Crippen LogP contribution in [-0.4, -0.2) is 35.1 Å². The highest BCUT2D eigenvalue weighted by molar-refractivity contribution is 5.95. The number of carbonyl (C=O) groups excluding carboxylic acids is 2. The van der Waals surface area contributed by atoms with Crippen molar-refractivity contribution < 1.29 is 19.5 Å². The first-order valence-corrected chi connectivity index (χ1v) is 6.86. The molecule has 0 aliphatic rings. The smallest absolute Gasteiger partial charge is 0.319 e. The summed E-state index contributed by atoms with van der Waals surface area (Å²) in [5.74, 6) is -1.17. The molecular weight excluding hydrogens is 286 g/mol. The second kappa shape index (κ2) is 7.44. The predicted octanol–water partition coefficient (Wildman–Crippen LogP) is 1.81. The molecule has 1 aromatic rings. The van der Waals surface area contributed by atoms with Gasteiger partial charge in [-0.25, -0.2) is 4.79 Å². The van der Waals surface area contributed by atoms with Crippen LogP contribution in [-0.2, 0) is 4.79 Å². The molecule has 0 spiro atoms. The molecule has 1 rings (SSSR count). The minimum atomic E-state index is -0.977. The largest absolute Gasteiger partial charge is 0.481 e.